The van der Waals surface area contributed by atoms with Gasteiger partial charge >= 0.3 is 0 Å². The van der Waals surface area contributed by atoms with Crippen molar-refractivity contribution in [1.82, 2.24) is 20.5 Å². The van der Waals surface area contributed by atoms with Crippen molar-refractivity contribution in [2.75, 3.05) is 34.3 Å². The fraction of sp³-hybridized carbons (Fsp3) is 0.500. The highest BCUT2D eigenvalue weighted by Crippen LogP contribution is 2.18. The number of ether oxygens (including phenoxy) is 1. The van der Waals surface area contributed by atoms with Crippen molar-refractivity contribution in [3.63, 3.8) is 0 Å². The zero-order valence-corrected chi connectivity index (χ0v) is 20.5. The smallest absolute Gasteiger partial charge is 0.191 e. The largest absolute Gasteiger partial charge is 0.492 e. The zero-order valence-electron chi connectivity index (χ0n) is 17.4. The van der Waals surface area contributed by atoms with Crippen molar-refractivity contribution in [2.45, 2.75) is 32.9 Å². The van der Waals surface area contributed by atoms with E-state index >= 15 is 0 Å². The van der Waals surface area contributed by atoms with Crippen LogP contribution in [0, 0.1) is 0 Å². The number of halogens is 1. The summed E-state index contributed by atoms with van der Waals surface area (Å²) in [6.07, 6.45) is 0. The van der Waals surface area contributed by atoms with Gasteiger partial charge in [0.05, 0.1) is 12.2 Å². The molecule has 1 aromatic carbocycles. The summed E-state index contributed by atoms with van der Waals surface area (Å²) >= 11 is 1.68. The quantitative estimate of drug-likeness (QED) is 0.302. The van der Waals surface area contributed by atoms with E-state index in [0.29, 0.717) is 25.6 Å². The second-order valence-corrected chi connectivity index (χ2v) is 7.80. The summed E-state index contributed by atoms with van der Waals surface area (Å²) in [6.45, 7) is 7.18. The van der Waals surface area contributed by atoms with Gasteiger partial charge in [0.2, 0.25) is 0 Å². The third-order valence-corrected chi connectivity index (χ3v) is 4.87. The molecule has 0 aliphatic carbocycles. The molecule has 0 aliphatic heterocycles. The molecule has 1 heterocycles. The highest BCUT2D eigenvalue weighted by molar-refractivity contribution is 14.0. The Morgan fingerprint density at radius 1 is 1.21 bits per heavy atom. The lowest BCUT2D eigenvalue weighted by molar-refractivity contribution is 0.259. The van der Waals surface area contributed by atoms with Crippen molar-refractivity contribution in [1.29, 1.82) is 0 Å². The van der Waals surface area contributed by atoms with Crippen LogP contribution in [0.5, 0.6) is 5.75 Å². The number of nitrogens with zero attached hydrogens (tertiary/aromatic N) is 3. The van der Waals surface area contributed by atoms with Gasteiger partial charge in [-0.25, -0.2) is 4.98 Å². The molecule has 2 aromatic rings. The summed E-state index contributed by atoms with van der Waals surface area (Å²) in [7, 11) is 5.86. The molecule has 0 unspecified atom stereocenters. The standard InChI is InChI=1S/C20H31N5OS.HI/c1-15(2)17-14-27-19(24-17)13-23-20(21-3)22-12-16-8-6-7-9-18(16)26-11-10-25(4)5;/h6-9,14-15H,10-13H2,1-5H3,(H2,21,22,23);1H. The first kappa shape index (κ1) is 24.6. The van der Waals surface area contributed by atoms with Gasteiger partial charge in [0.15, 0.2) is 5.96 Å². The zero-order chi connectivity index (χ0) is 19.6. The van der Waals surface area contributed by atoms with Crippen LogP contribution in [0.4, 0.5) is 0 Å². The Labute approximate surface area is 189 Å². The van der Waals surface area contributed by atoms with E-state index in [1.54, 1.807) is 18.4 Å². The Morgan fingerprint density at radius 3 is 2.57 bits per heavy atom. The number of hydrogen-bond acceptors (Lipinski definition) is 5. The average Bonchev–Trinajstić information content (AvgIpc) is 3.12. The molecule has 0 aliphatic rings. The van der Waals surface area contributed by atoms with Crippen LogP contribution >= 0.6 is 35.3 Å². The van der Waals surface area contributed by atoms with Gasteiger partial charge in [-0.1, -0.05) is 32.0 Å². The molecule has 0 bridgehead atoms. The molecule has 0 saturated carbocycles. The van der Waals surface area contributed by atoms with Crippen LogP contribution in [-0.4, -0.2) is 50.1 Å². The van der Waals surface area contributed by atoms with Crippen molar-refractivity contribution >= 4 is 41.3 Å². The number of hydrogen-bond donors (Lipinski definition) is 2. The van der Waals surface area contributed by atoms with Crippen molar-refractivity contribution in [3.8, 4) is 5.75 Å². The molecule has 0 saturated heterocycles. The maximum atomic E-state index is 5.92. The van der Waals surface area contributed by atoms with Crippen molar-refractivity contribution in [2.24, 2.45) is 4.99 Å². The monoisotopic (exact) mass is 517 g/mol. The molecule has 8 heteroatoms. The van der Waals surface area contributed by atoms with E-state index in [2.05, 4.69) is 50.8 Å². The van der Waals surface area contributed by atoms with Gasteiger partial charge in [-0.3, -0.25) is 4.99 Å². The Morgan fingerprint density at radius 2 is 1.93 bits per heavy atom. The first-order valence-corrected chi connectivity index (χ1v) is 10.1. The molecule has 0 spiro atoms. The van der Waals surface area contributed by atoms with E-state index < -0.39 is 0 Å². The third kappa shape index (κ3) is 8.32. The van der Waals surface area contributed by atoms with Gasteiger partial charge < -0.3 is 20.3 Å². The molecule has 2 rings (SSSR count). The molecule has 0 radical (unpaired) electrons. The summed E-state index contributed by atoms with van der Waals surface area (Å²) in [6, 6.07) is 8.10. The Bertz CT molecular complexity index is 733. The van der Waals surface area contributed by atoms with Crippen molar-refractivity contribution < 1.29 is 4.74 Å². The maximum absolute atomic E-state index is 5.92. The molecular formula is C20H32IN5OS. The van der Waals surface area contributed by atoms with Crippen LogP contribution in [-0.2, 0) is 13.1 Å². The van der Waals surface area contributed by atoms with Crippen LogP contribution in [0.3, 0.4) is 0 Å². The highest BCUT2D eigenvalue weighted by Gasteiger charge is 2.08. The van der Waals surface area contributed by atoms with Crippen LogP contribution in [0.1, 0.15) is 36.0 Å². The third-order valence-electron chi connectivity index (χ3n) is 4.01. The Kier molecular flexibility index (Phi) is 11.4. The number of nitrogens with one attached hydrogen (secondary N) is 2. The number of guanidine groups is 1. The van der Waals surface area contributed by atoms with Gasteiger partial charge in [-0.05, 0) is 26.1 Å². The summed E-state index contributed by atoms with van der Waals surface area (Å²) in [5, 5.41) is 9.86. The maximum Gasteiger partial charge on any atom is 0.191 e. The van der Waals surface area contributed by atoms with Crippen LogP contribution < -0.4 is 15.4 Å². The predicted octanol–water partition coefficient (Wildman–Crippen LogP) is 3.69. The van der Waals surface area contributed by atoms with Gasteiger partial charge in [0.1, 0.15) is 17.4 Å². The van der Waals surface area contributed by atoms with E-state index in [1.807, 2.05) is 32.3 Å². The fourth-order valence-electron chi connectivity index (χ4n) is 2.36. The summed E-state index contributed by atoms with van der Waals surface area (Å²) < 4.78 is 5.92. The van der Waals surface area contributed by atoms with Gasteiger partial charge in [-0.15, -0.1) is 35.3 Å². The lowest BCUT2D eigenvalue weighted by Crippen LogP contribution is -2.36. The highest BCUT2D eigenvalue weighted by atomic mass is 127. The van der Waals surface area contributed by atoms with E-state index in [4.69, 9.17) is 4.74 Å². The molecule has 156 valence electrons. The normalized spacial score (nSPS) is 11.5. The number of likely N-dealkylation sites (N-methyl/N-ethyl adjacent to an activating group) is 1. The SMILES string of the molecule is CN=C(NCc1nc(C(C)C)cs1)NCc1ccccc1OCCN(C)C.I. The summed E-state index contributed by atoms with van der Waals surface area (Å²) in [5.41, 5.74) is 2.25. The van der Waals surface area contributed by atoms with Gasteiger partial charge in [0.25, 0.3) is 0 Å². The lowest BCUT2D eigenvalue weighted by atomic mass is 10.2. The van der Waals surface area contributed by atoms with E-state index in [9.17, 15) is 0 Å². The Balaban J connectivity index is 0.00000392. The van der Waals surface area contributed by atoms with Gasteiger partial charge in [0, 0.05) is 31.1 Å². The van der Waals surface area contributed by atoms with Crippen LogP contribution in [0.25, 0.3) is 0 Å². The van der Waals surface area contributed by atoms with E-state index in [1.165, 1.54) is 0 Å². The van der Waals surface area contributed by atoms with Crippen LogP contribution in [0.2, 0.25) is 0 Å². The molecule has 0 fully saturated rings. The van der Waals surface area contributed by atoms with Crippen molar-refractivity contribution in [3.05, 3.63) is 45.9 Å². The minimum atomic E-state index is 0. The molecule has 28 heavy (non-hydrogen) atoms. The van der Waals surface area contributed by atoms with Crippen LogP contribution in [0.15, 0.2) is 34.6 Å². The second kappa shape index (κ2) is 12.9. The molecular weight excluding hydrogens is 485 g/mol. The fourth-order valence-corrected chi connectivity index (χ4v) is 3.25. The predicted molar refractivity (Wildman–Crippen MR) is 129 cm³/mol. The minimum absolute atomic E-state index is 0. The average molecular weight is 517 g/mol. The second-order valence-electron chi connectivity index (χ2n) is 6.86. The number of aliphatic imine (C=N–C) groups is 1. The Hall–Kier alpha value is -1.39. The topological polar surface area (TPSA) is 61.8 Å². The molecule has 2 N–H and O–H groups in total. The molecule has 1 aromatic heterocycles. The number of benzene rings is 1. The number of rotatable bonds is 9. The first-order valence-electron chi connectivity index (χ1n) is 9.23. The van der Waals surface area contributed by atoms with E-state index in [-0.39, 0.29) is 24.0 Å². The molecule has 0 atom stereocenters. The summed E-state index contributed by atoms with van der Waals surface area (Å²) in [4.78, 5) is 11.1. The molecule has 6 nitrogen and oxygen atoms in total. The van der Waals surface area contributed by atoms with Gasteiger partial charge in [-0.2, -0.15) is 0 Å². The molecule has 0 amide bonds. The number of para-hydroxylation sites is 1. The summed E-state index contributed by atoms with van der Waals surface area (Å²) in [5.74, 6) is 2.11. The van der Waals surface area contributed by atoms with E-state index in [0.717, 1.165) is 34.5 Å². The number of aromatic nitrogens is 1. The lowest BCUT2D eigenvalue weighted by Gasteiger charge is -2.15. The number of thiazole rings is 1. The first-order chi connectivity index (χ1) is 13.0. The minimum Gasteiger partial charge on any atom is -0.492 e.